The lowest BCUT2D eigenvalue weighted by atomic mass is 10.1. The monoisotopic (exact) mass is 346 g/mol. The third-order valence-electron chi connectivity index (χ3n) is 4.24. The predicted molar refractivity (Wildman–Crippen MR) is 91.9 cm³/mol. The van der Waals surface area contributed by atoms with Gasteiger partial charge in [0.15, 0.2) is 11.4 Å². The maximum absolute atomic E-state index is 14.5. The van der Waals surface area contributed by atoms with Gasteiger partial charge in [-0.2, -0.15) is 4.98 Å². The predicted octanol–water partition coefficient (Wildman–Crippen LogP) is 3.48. The van der Waals surface area contributed by atoms with E-state index in [2.05, 4.69) is 22.2 Å². The highest BCUT2D eigenvalue weighted by Crippen LogP contribution is 2.36. The molecule has 1 atom stereocenters. The van der Waals surface area contributed by atoms with Crippen LogP contribution in [0, 0.1) is 5.82 Å². The summed E-state index contributed by atoms with van der Waals surface area (Å²) >= 11 is 6.06. The van der Waals surface area contributed by atoms with Crippen LogP contribution >= 0.6 is 11.6 Å². The van der Waals surface area contributed by atoms with E-state index < -0.39 is 5.82 Å². The van der Waals surface area contributed by atoms with Crippen molar-refractivity contribution in [2.24, 2.45) is 0 Å². The summed E-state index contributed by atoms with van der Waals surface area (Å²) in [4.78, 5) is 10.7. The first kappa shape index (κ1) is 15.4. The van der Waals surface area contributed by atoms with E-state index in [-0.39, 0.29) is 16.6 Å². The third kappa shape index (κ3) is 2.52. The Hall–Kier alpha value is -2.18. The lowest BCUT2D eigenvalue weighted by molar-refractivity contribution is 0.456. The summed E-state index contributed by atoms with van der Waals surface area (Å²) in [7, 11) is 0. The molecule has 2 aromatic heterocycles. The molecule has 24 heavy (non-hydrogen) atoms. The molecule has 0 unspecified atom stereocenters. The van der Waals surface area contributed by atoms with Gasteiger partial charge in [-0.15, -0.1) is 0 Å². The normalized spacial score (nSPS) is 18.3. The van der Waals surface area contributed by atoms with E-state index in [1.807, 2.05) is 23.1 Å². The van der Waals surface area contributed by atoms with Crippen LogP contribution < -0.4 is 10.2 Å². The number of fused-ring (bicyclic) bond motifs is 1. The van der Waals surface area contributed by atoms with Gasteiger partial charge in [-0.3, -0.25) is 4.98 Å². The summed E-state index contributed by atoms with van der Waals surface area (Å²) < 4.78 is 20.4. The molecule has 0 amide bonds. The molecular weight excluding hydrogens is 331 g/mol. The molecule has 7 heteroatoms. The Labute approximate surface area is 143 Å². The van der Waals surface area contributed by atoms with Gasteiger partial charge in [0.1, 0.15) is 5.52 Å². The summed E-state index contributed by atoms with van der Waals surface area (Å²) in [5.41, 5.74) is 1.82. The summed E-state index contributed by atoms with van der Waals surface area (Å²) in [6.07, 6.45) is 1.67. The van der Waals surface area contributed by atoms with E-state index in [0.717, 1.165) is 19.6 Å². The van der Waals surface area contributed by atoms with Crippen molar-refractivity contribution in [3.8, 4) is 11.3 Å². The van der Waals surface area contributed by atoms with Gasteiger partial charge in [0.2, 0.25) is 0 Å². The van der Waals surface area contributed by atoms with Gasteiger partial charge in [-0.25, -0.2) is 4.39 Å². The zero-order valence-electron chi connectivity index (χ0n) is 13.1. The van der Waals surface area contributed by atoms with Crippen LogP contribution in [0.15, 0.2) is 34.9 Å². The van der Waals surface area contributed by atoms with E-state index in [9.17, 15) is 4.39 Å². The van der Waals surface area contributed by atoms with E-state index in [1.165, 1.54) is 6.07 Å². The average molecular weight is 347 g/mol. The standard InChI is InChI=1S/C17H16ClFN4O/c1-10-9-20-6-7-23(10)17-22-15-14(19)12(18)8-11(16(15)24-17)13-4-2-3-5-21-13/h2-5,8,10,20H,6-7,9H2,1H3/t10-/m0/s1. The van der Waals surface area contributed by atoms with Crippen molar-refractivity contribution in [1.29, 1.82) is 0 Å². The van der Waals surface area contributed by atoms with Crippen molar-refractivity contribution < 1.29 is 8.81 Å². The first-order valence-corrected chi connectivity index (χ1v) is 8.20. The van der Waals surface area contributed by atoms with Gasteiger partial charge in [-0.05, 0) is 25.1 Å². The van der Waals surface area contributed by atoms with Crippen LogP contribution in [-0.4, -0.2) is 35.6 Å². The van der Waals surface area contributed by atoms with Crippen LogP contribution in [0.1, 0.15) is 6.92 Å². The molecule has 0 spiro atoms. The Bertz CT molecular complexity index is 883. The van der Waals surface area contributed by atoms with E-state index >= 15 is 0 Å². The molecule has 3 heterocycles. The molecule has 1 fully saturated rings. The van der Waals surface area contributed by atoms with Crippen LogP contribution in [0.4, 0.5) is 10.4 Å². The number of oxazole rings is 1. The number of halogens is 2. The quantitative estimate of drug-likeness (QED) is 0.770. The summed E-state index contributed by atoms with van der Waals surface area (Å²) in [6, 6.07) is 7.68. The van der Waals surface area contributed by atoms with Crippen molar-refractivity contribution in [3.05, 3.63) is 41.3 Å². The van der Waals surface area contributed by atoms with Gasteiger partial charge in [0.25, 0.3) is 6.01 Å². The number of piperazine rings is 1. The van der Waals surface area contributed by atoms with Crippen LogP contribution in [-0.2, 0) is 0 Å². The fourth-order valence-corrected chi connectivity index (χ4v) is 3.17. The van der Waals surface area contributed by atoms with Gasteiger partial charge in [0.05, 0.1) is 10.7 Å². The minimum Gasteiger partial charge on any atom is -0.423 e. The van der Waals surface area contributed by atoms with Gasteiger partial charge in [-0.1, -0.05) is 17.7 Å². The second-order valence-corrected chi connectivity index (χ2v) is 6.26. The van der Waals surface area contributed by atoms with Gasteiger partial charge >= 0.3 is 0 Å². The van der Waals surface area contributed by atoms with Gasteiger partial charge < -0.3 is 14.6 Å². The Morgan fingerprint density at radius 2 is 2.29 bits per heavy atom. The fraction of sp³-hybridized carbons (Fsp3) is 0.294. The highest BCUT2D eigenvalue weighted by atomic mass is 35.5. The molecule has 5 nitrogen and oxygen atoms in total. The largest absolute Gasteiger partial charge is 0.423 e. The number of benzene rings is 1. The summed E-state index contributed by atoms with van der Waals surface area (Å²) in [5.74, 6) is -0.566. The lowest BCUT2D eigenvalue weighted by Crippen LogP contribution is -2.50. The Balaban J connectivity index is 1.90. The molecule has 3 aromatic rings. The van der Waals surface area contributed by atoms with Crippen LogP contribution in [0.3, 0.4) is 0 Å². The number of hydrogen-bond acceptors (Lipinski definition) is 5. The zero-order valence-corrected chi connectivity index (χ0v) is 13.8. The minimum atomic E-state index is -0.566. The maximum atomic E-state index is 14.5. The van der Waals surface area contributed by atoms with Gasteiger partial charge in [0, 0.05) is 37.4 Å². The average Bonchev–Trinajstić information content (AvgIpc) is 3.04. The molecule has 1 saturated heterocycles. The zero-order chi connectivity index (χ0) is 16.7. The van der Waals surface area contributed by atoms with Crippen molar-refractivity contribution in [1.82, 2.24) is 15.3 Å². The van der Waals surface area contributed by atoms with Crippen LogP contribution in [0.5, 0.6) is 0 Å². The minimum absolute atomic E-state index is 0.0105. The van der Waals surface area contributed by atoms with Crippen LogP contribution in [0.25, 0.3) is 22.4 Å². The fourth-order valence-electron chi connectivity index (χ4n) is 2.97. The van der Waals surface area contributed by atoms with E-state index in [4.69, 9.17) is 16.0 Å². The Kier molecular flexibility index (Phi) is 3.86. The number of rotatable bonds is 2. The second-order valence-electron chi connectivity index (χ2n) is 5.86. The number of hydrogen-bond donors (Lipinski definition) is 1. The first-order chi connectivity index (χ1) is 11.6. The Morgan fingerprint density at radius 1 is 1.42 bits per heavy atom. The topological polar surface area (TPSA) is 54.2 Å². The number of aromatic nitrogens is 2. The second kappa shape index (κ2) is 6.03. The molecule has 124 valence electrons. The summed E-state index contributed by atoms with van der Waals surface area (Å²) in [6.45, 7) is 4.49. The van der Waals surface area contributed by atoms with E-state index in [1.54, 1.807) is 6.20 Å². The molecule has 0 aliphatic carbocycles. The molecule has 1 N–H and O–H groups in total. The molecule has 0 saturated carbocycles. The molecule has 1 aliphatic heterocycles. The van der Waals surface area contributed by atoms with Crippen molar-refractivity contribution >= 4 is 28.7 Å². The van der Waals surface area contributed by atoms with Crippen LogP contribution in [0.2, 0.25) is 5.02 Å². The number of anilines is 1. The summed E-state index contributed by atoms with van der Waals surface area (Å²) in [5, 5.41) is 3.32. The smallest absolute Gasteiger partial charge is 0.298 e. The molecule has 0 bridgehead atoms. The Morgan fingerprint density at radius 3 is 3.04 bits per heavy atom. The molecular formula is C17H16ClFN4O. The lowest BCUT2D eigenvalue weighted by Gasteiger charge is -2.32. The highest BCUT2D eigenvalue weighted by Gasteiger charge is 2.26. The molecule has 0 radical (unpaired) electrons. The molecule has 4 rings (SSSR count). The number of nitrogens with one attached hydrogen (secondary N) is 1. The SMILES string of the molecule is C[C@H]1CNCCN1c1nc2c(F)c(Cl)cc(-c3ccccn3)c2o1. The third-order valence-corrected chi connectivity index (χ3v) is 4.51. The van der Waals surface area contributed by atoms with E-state index in [0.29, 0.717) is 22.9 Å². The maximum Gasteiger partial charge on any atom is 0.298 e. The van der Waals surface area contributed by atoms with Crippen molar-refractivity contribution in [3.63, 3.8) is 0 Å². The molecule has 1 aliphatic rings. The first-order valence-electron chi connectivity index (χ1n) is 7.82. The molecule has 1 aromatic carbocycles. The highest BCUT2D eigenvalue weighted by molar-refractivity contribution is 6.32. The van der Waals surface area contributed by atoms with Crippen molar-refractivity contribution in [2.75, 3.05) is 24.5 Å². The van der Waals surface area contributed by atoms with Crippen molar-refractivity contribution in [2.45, 2.75) is 13.0 Å². The number of pyridine rings is 1. The number of nitrogens with zero attached hydrogens (tertiary/aromatic N) is 3.